The lowest BCUT2D eigenvalue weighted by atomic mass is 9.86. The molecule has 0 aliphatic heterocycles. The van der Waals surface area contributed by atoms with Crippen LogP contribution in [0, 0.1) is 0 Å². The molecule has 2 fully saturated rings. The van der Waals surface area contributed by atoms with Crippen molar-refractivity contribution in [3.8, 4) is 0 Å². The molecule has 1 aromatic heterocycles. The van der Waals surface area contributed by atoms with Crippen LogP contribution >= 0.6 is 0 Å². The SMILES string of the molecule is COC1(c2noc(C3(CN)CCCC3)n2)CCCCCC1. The van der Waals surface area contributed by atoms with Crippen LogP contribution in [0.2, 0.25) is 0 Å². The first-order valence-electron chi connectivity index (χ1n) is 8.35. The van der Waals surface area contributed by atoms with Gasteiger partial charge in [0.2, 0.25) is 11.7 Å². The lowest BCUT2D eigenvalue weighted by Gasteiger charge is -2.27. The van der Waals surface area contributed by atoms with E-state index in [-0.39, 0.29) is 11.0 Å². The number of hydrogen-bond acceptors (Lipinski definition) is 5. The van der Waals surface area contributed by atoms with Crippen molar-refractivity contribution < 1.29 is 9.26 Å². The van der Waals surface area contributed by atoms with E-state index in [0.29, 0.717) is 6.54 Å². The van der Waals surface area contributed by atoms with Crippen molar-refractivity contribution in [2.75, 3.05) is 13.7 Å². The van der Waals surface area contributed by atoms with Gasteiger partial charge in [-0.2, -0.15) is 4.98 Å². The normalized spacial score (nSPS) is 24.9. The summed E-state index contributed by atoms with van der Waals surface area (Å²) < 4.78 is 11.5. The fourth-order valence-electron chi connectivity index (χ4n) is 4.00. The molecule has 118 valence electrons. The number of methoxy groups -OCH3 is 1. The van der Waals surface area contributed by atoms with E-state index in [1.807, 2.05) is 0 Å². The van der Waals surface area contributed by atoms with Crippen LogP contribution in [0.1, 0.15) is 75.9 Å². The second-order valence-corrected chi connectivity index (χ2v) is 6.73. The Morgan fingerprint density at radius 2 is 1.67 bits per heavy atom. The van der Waals surface area contributed by atoms with Crippen LogP contribution in [0.3, 0.4) is 0 Å². The van der Waals surface area contributed by atoms with Crippen LogP contribution in [-0.2, 0) is 15.8 Å². The summed E-state index contributed by atoms with van der Waals surface area (Å²) in [6.45, 7) is 0.592. The number of hydrogen-bond donors (Lipinski definition) is 1. The third kappa shape index (κ3) is 2.61. The first-order valence-corrected chi connectivity index (χ1v) is 8.35. The largest absolute Gasteiger partial charge is 0.370 e. The molecule has 0 amide bonds. The van der Waals surface area contributed by atoms with Crippen molar-refractivity contribution in [2.45, 2.75) is 75.2 Å². The molecule has 2 aliphatic rings. The Kier molecular flexibility index (Phi) is 4.31. The van der Waals surface area contributed by atoms with Gasteiger partial charge in [-0.1, -0.05) is 43.7 Å². The summed E-state index contributed by atoms with van der Waals surface area (Å²) >= 11 is 0. The molecule has 5 heteroatoms. The minimum absolute atomic E-state index is 0.0924. The third-order valence-electron chi connectivity index (χ3n) is 5.54. The molecule has 1 heterocycles. The highest BCUT2D eigenvalue weighted by Crippen LogP contribution is 2.42. The Hall–Kier alpha value is -0.940. The van der Waals surface area contributed by atoms with Gasteiger partial charge in [-0.15, -0.1) is 0 Å². The van der Waals surface area contributed by atoms with Crippen LogP contribution in [0.25, 0.3) is 0 Å². The predicted octanol–water partition coefficient (Wildman–Crippen LogP) is 3.04. The van der Waals surface area contributed by atoms with E-state index in [1.165, 1.54) is 38.5 Å². The van der Waals surface area contributed by atoms with Crippen molar-refractivity contribution in [3.63, 3.8) is 0 Å². The maximum Gasteiger partial charge on any atom is 0.234 e. The minimum Gasteiger partial charge on any atom is -0.370 e. The summed E-state index contributed by atoms with van der Waals surface area (Å²) in [5.74, 6) is 1.47. The fourth-order valence-corrected chi connectivity index (χ4v) is 4.00. The molecule has 0 unspecified atom stereocenters. The van der Waals surface area contributed by atoms with Gasteiger partial charge in [-0.25, -0.2) is 0 Å². The lowest BCUT2D eigenvalue weighted by molar-refractivity contribution is -0.0365. The third-order valence-corrected chi connectivity index (χ3v) is 5.54. The Morgan fingerprint density at radius 3 is 2.24 bits per heavy atom. The van der Waals surface area contributed by atoms with Crippen LogP contribution in [0.15, 0.2) is 4.52 Å². The topological polar surface area (TPSA) is 74.2 Å². The van der Waals surface area contributed by atoms with E-state index >= 15 is 0 Å². The lowest BCUT2D eigenvalue weighted by Crippen LogP contribution is -2.33. The molecular formula is C16H27N3O2. The van der Waals surface area contributed by atoms with Crippen molar-refractivity contribution in [1.82, 2.24) is 10.1 Å². The van der Waals surface area contributed by atoms with Gasteiger partial charge in [-0.3, -0.25) is 0 Å². The summed E-state index contributed by atoms with van der Waals surface area (Å²) in [7, 11) is 1.77. The van der Waals surface area contributed by atoms with E-state index in [0.717, 1.165) is 37.4 Å². The molecule has 21 heavy (non-hydrogen) atoms. The number of aromatic nitrogens is 2. The van der Waals surface area contributed by atoms with Crippen molar-refractivity contribution in [1.29, 1.82) is 0 Å². The molecule has 0 radical (unpaired) electrons. The molecule has 5 nitrogen and oxygen atoms in total. The van der Waals surface area contributed by atoms with Crippen molar-refractivity contribution in [2.24, 2.45) is 5.73 Å². The van der Waals surface area contributed by atoms with Crippen LogP contribution in [0.4, 0.5) is 0 Å². The van der Waals surface area contributed by atoms with Gasteiger partial charge in [0.05, 0.1) is 5.41 Å². The highest BCUT2D eigenvalue weighted by atomic mass is 16.5. The summed E-state index contributed by atoms with van der Waals surface area (Å²) in [5, 5.41) is 4.30. The van der Waals surface area contributed by atoms with Gasteiger partial charge < -0.3 is 15.0 Å². The maximum atomic E-state index is 6.02. The molecule has 0 saturated heterocycles. The second kappa shape index (κ2) is 6.05. The Labute approximate surface area is 126 Å². The van der Waals surface area contributed by atoms with E-state index < -0.39 is 0 Å². The molecule has 0 atom stereocenters. The molecule has 0 bridgehead atoms. The number of rotatable bonds is 4. The maximum absolute atomic E-state index is 6.02. The number of nitrogens with zero attached hydrogens (tertiary/aromatic N) is 2. The van der Waals surface area contributed by atoms with Gasteiger partial charge in [0.1, 0.15) is 5.60 Å². The zero-order valence-corrected chi connectivity index (χ0v) is 13.1. The predicted molar refractivity (Wildman–Crippen MR) is 79.9 cm³/mol. The molecule has 0 spiro atoms. The average molecular weight is 293 g/mol. The molecule has 0 aromatic carbocycles. The number of ether oxygens (including phenoxy) is 1. The minimum atomic E-state index is -0.355. The molecule has 2 aliphatic carbocycles. The fraction of sp³-hybridized carbons (Fsp3) is 0.875. The van der Waals surface area contributed by atoms with Crippen LogP contribution in [-0.4, -0.2) is 23.8 Å². The Morgan fingerprint density at radius 1 is 1.05 bits per heavy atom. The van der Waals surface area contributed by atoms with E-state index in [1.54, 1.807) is 7.11 Å². The summed E-state index contributed by atoms with van der Waals surface area (Å²) in [6.07, 6.45) is 11.4. The van der Waals surface area contributed by atoms with Gasteiger partial charge in [0.15, 0.2) is 0 Å². The summed E-state index contributed by atoms with van der Waals surface area (Å²) in [6, 6.07) is 0. The molecule has 3 rings (SSSR count). The molecule has 2 saturated carbocycles. The van der Waals surface area contributed by atoms with Crippen LogP contribution in [0.5, 0.6) is 0 Å². The summed E-state index contributed by atoms with van der Waals surface area (Å²) in [4.78, 5) is 4.76. The highest BCUT2D eigenvalue weighted by molar-refractivity contribution is 5.12. The number of nitrogens with two attached hydrogens (primary N) is 1. The first kappa shape index (κ1) is 15.0. The molecule has 2 N–H and O–H groups in total. The van der Waals surface area contributed by atoms with Crippen molar-refractivity contribution >= 4 is 0 Å². The smallest absolute Gasteiger partial charge is 0.234 e. The van der Waals surface area contributed by atoms with Gasteiger partial charge in [0, 0.05) is 13.7 Å². The van der Waals surface area contributed by atoms with Gasteiger partial charge in [0.25, 0.3) is 0 Å². The van der Waals surface area contributed by atoms with Crippen molar-refractivity contribution in [3.05, 3.63) is 11.7 Å². The zero-order valence-electron chi connectivity index (χ0n) is 13.1. The standard InChI is InChI=1S/C16H27N3O2/c1-20-16(10-4-2-3-5-11-16)13-18-14(21-19-13)15(12-17)8-6-7-9-15/h2-12,17H2,1H3. The van der Waals surface area contributed by atoms with E-state index in [4.69, 9.17) is 20.0 Å². The second-order valence-electron chi connectivity index (χ2n) is 6.73. The zero-order chi connectivity index (χ0) is 14.8. The van der Waals surface area contributed by atoms with E-state index in [2.05, 4.69) is 5.16 Å². The monoisotopic (exact) mass is 293 g/mol. The van der Waals surface area contributed by atoms with E-state index in [9.17, 15) is 0 Å². The van der Waals surface area contributed by atoms with Gasteiger partial charge >= 0.3 is 0 Å². The highest BCUT2D eigenvalue weighted by Gasteiger charge is 2.43. The first-order chi connectivity index (χ1) is 10.2. The molecule has 1 aromatic rings. The Bertz CT molecular complexity index is 458. The quantitative estimate of drug-likeness (QED) is 0.864. The Balaban J connectivity index is 1.89. The average Bonchev–Trinajstić information content (AvgIpc) is 3.13. The van der Waals surface area contributed by atoms with Gasteiger partial charge in [-0.05, 0) is 25.7 Å². The molecular weight excluding hydrogens is 266 g/mol. The summed E-state index contributed by atoms with van der Waals surface area (Å²) in [5.41, 5.74) is 5.57. The van der Waals surface area contributed by atoms with Crippen LogP contribution < -0.4 is 5.73 Å².